The molecule has 0 atom stereocenters. The molecule has 426 valence electrons. The molecule has 0 saturated heterocycles. The zero-order valence-electron chi connectivity index (χ0n) is 39.4. The molecular weight excluding hydrogens is 1140 g/mol. The van der Waals surface area contributed by atoms with Crippen LogP contribution >= 0.6 is 0 Å². The Morgan fingerprint density at radius 1 is 0.425 bits per heavy atom. The summed E-state index contributed by atoms with van der Waals surface area (Å²) < 4.78 is 348. The predicted octanol–water partition coefficient (Wildman–Crippen LogP) is 14.6. The van der Waals surface area contributed by atoms with E-state index in [0.717, 1.165) is 11.3 Å². The minimum absolute atomic E-state index is 0.0240. The second kappa shape index (κ2) is 21.7. The Morgan fingerprint density at radius 2 is 0.738 bits per heavy atom. The molecule has 0 aliphatic rings. The molecule has 1 aromatic heterocycles. The molecule has 0 amide bonds. The van der Waals surface area contributed by atoms with Crippen LogP contribution in [0.1, 0.15) is 60.4 Å². The zero-order valence-corrected chi connectivity index (χ0v) is 39.4. The van der Waals surface area contributed by atoms with Crippen LogP contribution in [0.4, 0.5) is 105 Å². The Bertz CT molecular complexity index is 2940. The van der Waals surface area contributed by atoms with E-state index < -0.39 is 195 Å². The highest BCUT2D eigenvalue weighted by atomic mass is 19.4. The third kappa shape index (κ3) is 14.3. The molecule has 4 nitrogen and oxygen atoms in total. The number of Topliss-reactive ketones (excluding diaryl/α,β-unsaturated/α-hetero) is 1. The topological polar surface area (TPSA) is 43.1 Å². The number of hydrogen-bond donors (Lipinski definition) is 0. The Labute approximate surface area is 433 Å². The summed E-state index contributed by atoms with van der Waals surface area (Å²) in [7, 11) is 0. The lowest BCUT2D eigenvalue weighted by molar-refractivity contribution is -0.687. The first-order valence-electron chi connectivity index (χ1n) is 22.0. The van der Waals surface area contributed by atoms with Gasteiger partial charge in [0, 0.05) is 5.56 Å². The van der Waals surface area contributed by atoms with Crippen molar-refractivity contribution in [3.05, 3.63) is 202 Å². The van der Waals surface area contributed by atoms with Crippen LogP contribution in [-0.2, 0) is 56.0 Å². The average Bonchev–Trinajstić information content (AvgIpc) is 3.33. The van der Waals surface area contributed by atoms with E-state index in [2.05, 4.69) is 4.98 Å². The third-order valence-electron chi connectivity index (χ3n) is 11.9. The van der Waals surface area contributed by atoms with E-state index in [0.29, 0.717) is 11.4 Å². The fraction of sp³-hybridized carbons (Fsp3) is 0.196. The van der Waals surface area contributed by atoms with Crippen molar-refractivity contribution in [3.63, 3.8) is 0 Å². The van der Waals surface area contributed by atoms with Gasteiger partial charge in [0.1, 0.15) is 18.1 Å². The number of nitrogens with zero attached hydrogens (tertiary/aromatic N) is 2. The minimum atomic E-state index is -6.13. The lowest BCUT2D eigenvalue weighted by atomic mass is 9.12. The molecule has 80 heavy (non-hydrogen) atoms. The van der Waals surface area contributed by atoms with E-state index in [4.69, 9.17) is 4.74 Å². The first-order valence-corrected chi connectivity index (χ1v) is 22.0. The van der Waals surface area contributed by atoms with Gasteiger partial charge in [0.2, 0.25) is 12.3 Å². The summed E-state index contributed by atoms with van der Waals surface area (Å²) in [5.74, 6) is 1.28. The van der Waals surface area contributed by atoms with E-state index in [9.17, 15) is 110 Å². The van der Waals surface area contributed by atoms with Gasteiger partial charge in [0.25, 0.3) is 0 Å². The SMILES string of the molecule is Cc1cccc(Oc2cncc[n+]2CC(=O)c2ccccc2)c1.FC(F)(F)c1cc([B-](c2cc(C(F)(F)F)cc(C(F)(F)F)c2)(c2cc(C(F)(F)F)cc(C(F)(F)F)c2)c2cc(C(F)(F)F)cc(C(F)(F)F)c2)cc(C(F)(F)F)c1. The lowest BCUT2D eigenvalue weighted by Gasteiger charge is -2.46. The Kier molecular flexibility index (Phi) is 16.7. The average molecular weight is 1170 g/mol. The maximum Gasteiger partial charge on any atom is 0.416 e. The summed E-state index contributed by atoms with van der Waals surface area (Å²) in [6.07, 6.45) is -49.8. The molecule has 7 rings (SSSR count). The fourth-order valence-corrected chi connectivity index (χ4v) is 8.33. The van der Waals surface area contributed by atoms with Gasteiger partial charge in [-0.3, -0.25) is 4.79 Å². The highest BCUT2D eigenvalue weighted by Crippen LogP contribution is 2.41. The molecule has 0 aliphatic heterocycles. The summed E-state index contributed by atoms with van der Waals surface area (Å²) in [5, 5.41) is 0. The number of benzene rings is 6. The largest absolute Gasteiger partial charge is 0.416 e. The summed E-state index contributed by atoms with van der Waals surface area (Å²) in [6, 6.07) is 8.17. The van der Waals surface area contributed by atoms with Crippen LogP contribution in [0.3, 0.4) is 0 Å². The number of ketones is 1. The van der Waals surface area contributed by atoms with Crippen LogP contribution in [0, 0.1) is 6.92 Å². The number of carbonyl (C=O) groups excluding carboxylic acids is 1. The van der Waals surface area contributed by atoms with Crippen LogP contribution < -0.4 is 31.2 Å². The summed E-state index contributed by atoms with van der Waals surface area (Å²) in [5.41, 5.74) is -28.4. The minimum Gasteiger partial charge on any atom is -0.404 e. The molecule has 7 aromatic rings. The Morgan fingerprint density at radius 3 is 1.02 bits per heavy atom. The first kappa shape index (κ1) is 61.5. The first-order chi connectivity index (χ1) is 36.5. The number of halogens is 24. The van der Waals surface area contributed by atoms with Crippen molar-refractivity contribution in [2.75, 3.05) is 0 Å². The van der Waals surface area contributed by atoms with Crippen molar-refractivity contribution in [2.45, 2.75) is 62.9 Å². The molecule has 0 unspecified atom stereocenters. The van der Waals surface area contributed by atoms with E-state index in [1.54, 1.807) is 23.2 Å². The monoisotopic (exact) mass is 1170 g/mol. The summed E-state index contributed by atoms with van der Waals surface area (Å²) in [6.45, 7) is 2.21. The van der Waals surface area contributed by atoms with E-state index in [-0.39, 0.29) is 12.3 Å². The molecule has 0 aliphatic carbocycles. The number of carbonyl (C=O) groups is 1. The molecule has 0 saturated carbocycles. The smallest absolute Gasteiger partial charge is 0.404 e. The van der Waals surface area contributed by atoms with Crippen molar-refractivity contribution in [1.29, 1.82) is 0 Å². The second-order valence-corrected chi connectivity index (χ2v) is 17.5. The number of aromatic nitrogens is 2. The lowest BCUT2D eigenvalue weighted by Crippen LogP contribution is -2.75. The quantitative estimate of drug-likeness (QED) is 0.0626. The van der Waals surface area contributed by atoms with Gasteiger partial charge < -0.3 is 4.74 Å². The molecule has 0 bridgehead atoms. The molecule has 29 heteroatoms. The van der Waals surface area contributed by atoms with Crippen LogP contribution in [0.15, 0.2) is 146 Å². The predicted molar refractivity (Wildman–Crippen MR) is 237 cm³/mol. The number of rotatable bonds is 9. The maximum absolute atomic E-state index is 14.2. The van der Waals surface area contributed by atoms with Gasteiger partial charge in [-0.25, -0.2) is 4.98 Å². The van der Waals surface area contributed by atoms with Gasteiger partial charge in [0.15, 0.2) is 6.20 Å². The highest BCUT2D eigenvalue weighted by molar-refractivity contribution is 7.20. The van der Waals surface area contributed by atoms with Crippen LogP contribution in [-0.4, -0.2) is 16.9 Å². The Balaban J connectivity index is 0.000000370. The van der Waals surface area contributed by atoms with Crippen molar-refractivity contribution in [2.24, 2.45) is 0 Å². The normalized spacial score (nSPS) is 13.2. The number of aryl methyl sites for hydroxylation is 1. The standard InChI is InChI=1S/C32H12BF24.C19H17N2O2/c34-25(35,36)13-1-14(26(37,38)39)6-21(5-13)33(22-7-15(27(40,41)42)2-16(8-22)28(43,44)45,23-9-17(29(46,47)48)3-18(10-23)30(49,50)51)24-11-19(31(52,53)54)4-20(12-24)32(55,56)57;1-15-6-5-9-17(12-15)23-19-13-20-10-11-21(19)14-18(22)16-7-3-2-4-8-16/h1-12H;2-13H,14H2,1H3/q-1;+1. The molecule has 0 spiro atoms. The van der Waals surface area contributed by atoms with Gasteiger partial charge >= 0.3 is 55.3 Å². The molecule has 1 heterocycles. The second-order valence-electron chi connectivity index (χ2n) is 17.5. The van der Waals surface area contributed by atoms with E-state index >= 15 is 0 Å². The van der Waals surface area contributed by atoms with Crippen molar-refractivity contribution in [1.82, 2.24) is 4.98 Å². The van der Waals surface area contributed by atoms with Gasteiger partial charge in [-0.1, -0.05) is 91.0 Å². The van der Waals surface area contributed by atoms with Crippen molar-refractivity contribution < 1.29 is 119 Å². The van der Waals surface area contributed by atoms with Crippen LogP contribution in [0.5, 0.6) is 11.6 Å². The molecule has 6 aromatic carbocycles. The molecule has 0 N–H and O–H groups in total. The fourth-order valence-electron chi connectivity index (χ4n) is 8.33. The Hall–Kier alpha value is -7.75. The van der Waals surface area contributed by atoms with Crippen molar-refractivity contribution >= 4 is 33.8 Å². The summed E-state index contributed by atoms with van der Waals surface area (Å²) in [4.78, 5) is 16.5. The van der Waals surface area contributed by atoms with Gasteiger partial charge in [-0.05, 0) is 48.9 Å². The molecule has 0 fully saturated rings. The molecule has 0 radical (unpaired) electrons. The van der Waals surface area contributed by atoms with Gasteiger partial charge in [-0.2, -0.15) is 132 Å². The molecular formula is C51H29BF24N2O2. The summed E-state index contributed by atoms with van der Waals surface area (Å²) >= 11 is 0. The highest BCUT2D eigenvalue weighted by Gasteiger charge is 2.47. The maximum atomic E-state index is 14.2. The number of hydrogen-bond acceptors (Lipinski definition) is 3. The zero-order chi connectivity index (χ0) is 60.0. The van der Waals surface area contributed by atoms with E-state index in [1.807, 2.05) is 61.5 Å². The van der Waals surface area contributed by atoms with Gasteiger partial charge in [-0.15, -0.1) is 0 Å². The van der Waals surface area contributed by atoms with Gasteiger partial charge in [0.05, 0.1) is 50.7 Å². The van der Waals surface area contributed by atoms with E-state index in [1.165, 1.54) is 0 Å². The van der Waals surface area contributed by atoms with Crippen LogP contribution in [0.25, 0.3) is 0 Å². The van der Waals surface area contributed by atoms with Crippen molar-refractivity contribution in [3.8, 4) is 11.6 Å². The number of ether oxygens (including phenoxy) is 1. The van der Waals surface area contributed by atoms with Crippen LogP contribution in [0.2, 0.25) is 0 Å². The number of alkyl halides is 24. The third-order valence-corrected chi connectivity index (χ3v) is 11.9.